The van der Waals surface area contributed by atoms with Crippen LogP contribution in [-0.4, -0.2) is 35.1 Å². The average molecular weight is 195 g/mol. The molecule has 1 unspecified atom stereocenters. The van der Waals surface area contributed by atoms with E-state index >= 15 is 0 Å². The summed E-state index contributed by atoms with van der Waals surface area (Å²) in [5, 5.41) is 3.62. The molecule has 2 N–H and O–H groups in total. The lowest BCUT2D eigenvalue weighted by molar-refractivity contribution is 0.0730. The van der Waals surface area contributed by atoms with Crippen LogP contribution in [0.15, 0.2) is 16.9 Å². The summed E-state index contributed by atoms with van der Waals surface area (Å²) in [5.74, 6) is -0.0771. The molecule has 14 heavy (non-hydrogen) atoms. The summed E-state index contributed by atoms with van der Waals surface area (Å²) >= 11 is 0. The molecule has 5 heteroatoms. The zero-order valence-corrected chi connectivity index (χ0v) is 7.85. The molecule has 1 fully saturated rings. The number of aromatic nitrogens is 1. The first kappa shape index (κ1) is 9.21. The zero-order chi connectivity index (χ0) is 9.97. The summed E-state index contributed by atoms with van der Waals surface area (Å²) < 4.78 is 4.64. The molecule has 1 aliphatic heterocycles. The van der Waals surface area contributed by atoms with Gasteiger partial charge in [0.1, 0.15) is 6.26 Å². The SMILES string of the molecule is NCC1CCCN1C(=O)c1ccon1. The first-order valence-corrected chi connectivity index (χ1v) is 4.74. The quantitative estimate of drug-likeness (QED) is 0.733. The lowest BCUT2D eigenvalue weighted by Crippen LogP contribution is -2.40. The van der Waals surface area contributed by atoms with Crippen LogP contribution in [0.5, 0.6) is 0 Å². The van der Waals surface area contributed by atoms with Gasteiger partial charge in [0.05, 0.1) is 0 Å². The van der Waals surface area contributed by atoms with E-state index in [2.05, 4.69) is 9.68 Å². The van der Waals surface area contributed by atoms with E-state index in [0.29, 0.717) is 12.2 Å². The Balaban J connectivity index is 2.11. The van der Waals surface area contributed by atoms with E-state index < -0.39 is 0 Å². The van der Waals surface area contributed by atoms with Gasteiger partial charge in [-0.2, -0.15) is 0 Å². The molecule has 0 aromatic carbocycles. The van der Waals surface area contributed by atoms with Crippen LogP contribution in [-0.2, 0) is 0 Å². The Morgan fingerprint density at radius 3 is 3.29 bits per heavy atom. The van der Waals surface area contributed by atoms with E-state index in [1.54, 1.807) is 11.0 Å². The molecule has 0 radical (unpaired) electrons. The number of carbonyl (C=O) groups is 1. The summed E-state index contributed by atoms with van der Waals surface area (Å²) in [6, 6.07) is 1.74. The third-order valence-electron chi connectivity index (χ3n) is 2.57. The van der Waals surface area contributed by atoms with Crippen molar-refractivity contribution in [2.45, 2.75) is 18.9 Å². The average Bonchev–Trinajstić information content (AvgIpc) is 2.87. The predicted octanol–water partition coefficient (Wildman–Crippen LogP) is 0.238. The first-order chi connectivity index (χ1) is 6.83. The molecule has 0 saturated carbocycles. The number of nitrogens with zero attached hydrogens (tertiary/aromatic N) is 2. The summed E-state index contributed by atoms with van der Waals surface area (Å²) in [7, 11) is 0. The van der Waals surface area contributed by atoms with Gasteiger partial charge in [-0.05, 0) is 12.8 Å². The van der Waals surface area contributed by atoms with Gasteiger partial charge in [0.15, 0.2) is 5.69 Å². The second-order valence-corrected chi connectivity index (χ2v) is 3.41. The highest BCUT2D eigenvalue weighted by molar-refractivity contribution is 5.92. The molecular weight excluding hydrogens is 182 g/mol. The molecule has 1 saturated heterocycles. The minimum Gasteiger partial charge on any atom is -0.364 e. The molecule has 1 aliphatic rings. The maximum Gasteiger partial charge on any atom is 0.276 e. The molecule has 76 valence electrons. The third kappa shape index (κ3) is 1.50. The number of carbonyl (C=O) groups excluding carboxylic acids is 1. The lowest BCUT2D eigenvalue weighted by atomic mass is 10.2. The molecule has 2 heterocycles. The first-order valence-electron chi connectivity index (χ1n) is 4.74. The van der Waals surface area contributed by atoms with Crippen LogP contribution >= 0.6 is 0 Å². The van der Waals surface area contributed by atoms with Crippen molar-refractivity contribution in [1.82, 2.24) is 10.1 Å². The Morgan fingerprint density at radius 1 is 1.79 bits per heavy atom. The fourth-order valence-corrected chi connectivity index (χ4v) is 1.82. The molecule has 1 amide bonds. The van der Waals surface area contributed by atoms with Crippen LogP contribution in [0, 0.1) is 0 Å². The highest BCUT2D eigenvalue weighted by Crippen LogP contribution is 2.18. The van der Waals surface area contributed by atoms with Crippen LogP contribution in [0.4, 0.5) is 0 Å². The van der Waals surface area contributed by atoms with Crippen LogP contribution in [0.1, 0.15) is 23.3 Å². The number of likely N-dealkylation sites (tertiary alicyclic amines) is 1. The lowest BCUT2D eigenvalue weighted by Gasteiger charge is -2.21. The van der Waals surface area contributed by atoms with Crippen LogP contribution < -0.4 is 5.73 Å². The maximum absolute atomic E-state index is 11.8. The maximum atomic E-state index is 11.8. The second-order valence-electron chi connectivity index (χ2n) is 3.41. The van der Waals surface area contributed by atoms with E-state index in [4.69, 9.17) is 5.73 Å². The zero-order valence-electron chi connectivity index (χ0n) is 7.85. The summed E-state index contributed by atoms with van der Waals surface area (Å²) in [5.41, 5.74) is 5.94. The molecular formula is C9H13N3O2. The van der Waals surface area contributed by atoms with Crippen LogP contribution in [0.3, 0.4) is 0 Å². The fraction of sp³-hybridized carbons (Fsp3) is 0.556. The van der Waals surface area contributed by atoms with Crippen molar-refractivity contribution in [3.8, 4) is 0 Å². The minimum absolute atomic E-state index is 0.0771. The molecule has 2 rings (SSSR count). The number of rotatable bonds is 2. The van der Waals surface area contributed by atoms with Gasteiger partial charge in [-0.1, -0.05) is 5.16 Å². The van der Waals surface area contributed by atoms with Crippen molar-refractivity contribution < 1.29 is 9.32 Å². The van der Waals surface area contributed by atoms with Gasteiger partial charge in [-0.25, -0.2) is 0 Å². The molecule has 0 spiro atoms. The highest BCUT2D eigenvalue weighted by atomic mass is 16.5. The summed E-state index contributed by atoms with van der Waals surface area (Å²) in [6.45, 7) is 1.29. The highest BCUT2D eigenvalue weighted by Gasteiger charge is 2.29. The van der Waals surface area contributed by atoms with Gasteiger partial charge in [0, 0.05) is 25.2 Å². The van der Waals surface area contributed by atoms with E-state index in [-0.39, 0.29) is 11.9 Å². The number of nitrogens with two attached hydrogens (primary N) is 1. The van der Waals surface area contributed by atoms with Crippen LogP contribution in [0.2, 0.25) is 0 Å². The van der Waals surface area contributed by atoms with Gasteiger partial charge in [-0.15, -0.1) is 0 Å². The second kappa shape index (κ2) is 3.79. The monoisotopic (exact) mass is 195 g/mol. The Labute approximate surface area is 81.8 Å². The van der Waals surface area contributed by atoms with Crippen molar-refractivity contribution in [1.29, 1.82) is 0 Å². The number of hydrogen-bond donors (Lipinski definition) is 1. The third-order valence-corrected chi connectivity index (χ3v) is 2.57. The fourth-order valence-electron chi connectivity index (χ4n) is 1.82. The van der Waals surface area contributed by atoms with Crippen molar-refractivity contribution in [2.24, 2.45) is 5.73 Å². The molecule has 5 nitrogen and oxygen atoms in total. The molecule has 1 atom stereocenters. The van der Waals surface area contributed by atoms with Crippen LogP contribution in [0.25, 0.3) is 0 Å². The molecule has 0 aliphatic carbocycles. The molecule has 1 aromatic rings. The summed E-state index contributed by atoms with van der Waals surface area (Å²) in [4.78, 5) is 13.6. The van der Waals surface area contributed by atoms with Crippen molar-refractivity contribution in [3.05, 3.63) is 18.0 Å². The van der Waals surface area contributed by atoms with E-state index in [1.807, 2.05) is 0 Å². The molecule has 0 bridgehead atoms. The van der Waals surface area contributed by atoms with Gasteiger partial charge < -0.3 is 15.2 Å². The Kier molecular flexibility index (Phi) is 2.49. The summed E-state index contributed by atoms with van der Waals surface area (Å²) in [6.07, 6.45) is 3.41. The van der Waals surface area contributed by atoms with E-state index in [9.17, 15) is 4.79 Å². The van der Waals surface area contributed by atoms with E-state index in [1.165, 1.54) is 6.26 Å². The van der Waals surface area contributed by atoms with Crippen molar-refractivity contribution in [3.63, 3.8) is 0 Å². The van der Waals surface area contributed by atoms with Gasteiger partial charge in [0.2, 0.25) is 0 Å². The van der Waals surface area contributed by atoms with Gasteiger partial charge in [0.25, 0.3) is 5.91 Å². The van der Waals surface area contributed by atoms with Crippen molar-refractivity contribution in [2.75, 3.05) is 13.1 Å². The normalized spacial score (nSPS) is 21.5. The Bertz CT molecular complexity index is 310. The topological polar surface area (TPSA) is 72.4 Å². The van der Waals surface area contributed by atoms with Gasteiger partial charge in [-0.3, -0.25) is 4.79 Å². The minimum atomic E-state index is -0.0771. The Hall–Kier alpha value is -1.36. The molecule has 1 aromatic heterocycles. The van der Waals surface area contributed by atoms with Crippen molar-refractivity contribution >= 4 is 5.91 Å². The largest absolute Gasteiger partial charge is 0.364 e. The predicted molar refractivity (Wildman–Crippen MR) is 49.6 cm³/mol. The number of hydrogen-bond acceptors (Lipinski definition) is 4. The standard InChI is InChI=1S/C9H13N3O2/c10-6-7-2-1-4-12(7)9(13)8-3-5-14-11-8/h3,5,7H,1-2,4,6,10H2. The smallest absolute Gasteiger partial charge is 0.276 e. The van der Waals surface area contributed by atoms with Gasteiger partial charge >= 0.3 is 0 Å². The Morgan fingerprint density at radius 2 is 2.64 bits per heavy atom. The number of amides is 1. The van der Waals surface area contributed by atoms with E-state index in [0.717, 1.165) is 19.4 Å².